The van der Waals surface area contributed by atoms with Gasteiger partial charge in [-0.15, -0.1) is 0 Å². The lowest BCUT2D eigenvalue weighted by Gasteiger charge is -2.05. The molecule has 0 aliphatic carbocycles. The summed E-state index contributed by atoms with van der Waals surface area (Å²) in [4.78, 5) is 31.4. The SMILES string of the molecule is COc1cc(/C=N/NC(=O)c2ccc(CSc3nc(C)cc(C)n3)cc2)cc([N+](=O)[O-])c1O. The largest absolute Gasteiger partial charge is 0.500 e. The van der Waals surface area contributed by atoms with Gasteiger partial charge in [0.2, 0.25) is 5.75 Å². The fourth-order valence-corrected chi connectivity index (χ4v) is 3.78. The van der Waals surface area contributed by atoms with Gasteiger partial charge in [-0.3, -0.25) is 14.9 Å². The fourth-order valence-electron chi connectivity index (χ4n) is 2.87. The van der Waals surface area contributed by atoms with E-state index >= 15 is 0 Å². The van der Waals surface area contributed by atoms with Crippen molar-refractivity contribution in [1.29, 1.82) is 0 Å². The number of benzene rings is 2. The number of nitrogens with zero attached hydrogens (tertiary/aromatic N) is 4. The predicted molar refractivity (Wildman–Crippen MR) is 124 cm³/mol. The van der Waals surface area contributed by atoms with Gasteiger partial charge in [0.25, 0.3) is 5.91 Å². The topological polar surface area (TPSA) is 140 Å². The third-order valence-electron chi connectivity index (χ3n) is 4.42. The number of aromatic nitrogens is 2. The second-order valence-electron chi connectivity index (χ2n) is 6.97. The molecule has 1 aromatic heterocycles. The molecule has 1 amide bonds. The Morgan fingerprint density at radius 1 is 1.21 bits per heavy atom. The molecular weight excluding hydrogens is 446 g/mol. The molecule has 0 spiro atoms. The predicted octanol–water partition coefficient (Wildman–Crippen LogP) is 3.77. The van der Waals surface area contributed by atoms with Gasteiger partial charge >= 0.3 is 5.69 Å². The highest BCUT2D eigenvalue weighted by molar-refractivity contribution is 7.98. The van der Waals surface area contributed by atoms with Crippen LogP contribution in [0.15, 0.2) is 52.7 Å². The first kappa shape index (κ1) is 23.7. The van der Waals surface area contributed by atoms with Crippen molar-refractivity contribution in [3.8, 4) is 11.5 Å². The average Bonchev–Trinajstić information content (AvgIpc) is 2.78. The van der Waals surface area contributed by atoms with Crippen LogP contribution in [0, 0.1) is 24.0 Å². The summed E-state index contributed by atoms with van der Waals surface area (Å²) < 4.78 is 4.93. The molecule has 11 heteroatoms. The normalized spacial score (nSPS) is 10.9. The van der Waals surface area contributed by atoms with Gasteiger partial charge in [-0.05, 0) is 43.7 Å². The van der Waals surface area contributed by atoms with E-state index in [1.165, 1.54) is 31.2 Å². The zero-order chi connectivity index (χ0) is 24.0. The van der Waals surface area contributed by atoms with Crippen molar-refractivity contribution < 1.29 is 19.6 Å². The first-order valence-electron chi connectivity index (χ1n) is 9.69. The maximum Gasteiger partial charge on any atom is 0.315 e. The number of methoxy groups -OCH3 is 1. The van der Waals surface area contributed by atoms with Crippen molar-refractivity contribution in [3.63, 3.8) is 0 Å². The summed E-state index contributed by atoms with van der Waals surface area (Å²) in [6.45, 7) is 3.85. The summed E-state index contributed by atoms with van der Waals surface area (Å²) in [5.41, 5.74) is 5.36. The van der Waals surface area contributed by atoms with E-state index in [0.717, 1.165) is 23.0 Å². The number of nitro groups is 1. The average molecular weight is 468 g/mol. The molecule has 1 heterocycles. The van der Waals surface area contributed by atoms with Gasteiger partial charge in [0.05, 0.1) is 18.2 Å². The minimum atomic E-state index is -0.736. The van der Waals surface area contributed by atoms with Crippen LogP contribution in [-0.4, -0.2) is 39.2 Å². The molecule has 2 N–H and O–H groups in total. The number of carbonyl (C=O) groups excluding carboxylic acids is 1. The van der Waals surface area contributed by atoms with E-state index in [2.05, 4.69) is 20.5 Å². The van der Waals surface area contributed by atoms with E-state index in [4.69, 9.17) is 4.74 Å². The molecule has 0 radical (unpaired) electrons. The number of aryl methyl sites for hydroxylation is 2. The number of hydrogen-bond acceptors (Lipinski definition) is 9. The standard InChI is InChI=1S/C22H21N5O5S/c1-13-8-14(2)25-22(24-13)33-12-15-4-6-17(7-5-15)21(29)26-23-11-16-9-18(27(30)31)20(28)19(10-16)32-3/h4-11,28H,12H2,1-3H3,(H,26,29)/b23-11+. The minimum Gasteiger partial charge on any atom is -0.500 e. The van der Waals surface area contributed by atoms with Gasteiger partial charge in [-0.1, -0.05) is 23.9 Å². The van der Waals surface area contributed by atoms with Gasteiger partial charge in [0, 0.05) is 34.3 Å². The van der Waals surface area contributed by atoms with E-state index < -0.39 is 22.3 Å². The number of carbonyl (C=O) groups is 1. The van der Waals surface area contributed by atoms with Crippen LogP contribution in [0.5, 0.6) is 11.5 Å². The number of phenols is 1. The molecule has 0 saturated carbocycles. The number of rotatable bonds is 8. The van der Waals surface area contributed by atoms with Crippen molar-refractivity contribution in [2.24, 2.45) is 5.10 Å². The number of nitrogens with one attached hydrogen (secondary N) is 1. The van der Waals surface area contributed by atoms with E-state index in [0.29, 0.717) is 16.5 Å². The van der Waals surface area contributed by atoms with Crippen molar-refractivity contribution in [2.45, 2.75) is 24.8 Å². The third kappa shape index (κ3) is 6.26. The van der Waals surface area contributed by atoms with Crippen LogP contribution in [0.25, 0.3) is 0 Å². The van der Waals surface area contributed by atoms with Crippen LogP contribution in [-0.2, 0) is 5.75 Å². The number of thioether (sulfide) groups is 1. The molecule has 170 valence electrons. The van der Waals surface area contributed by atoms with Crippen molar-refractivity contribution in [3.05, 3.63) is 80.7 Å². The lowest BCUT2D eigenvalue weighted by Crippen LogP contribution is -2.17. The van der Waals surface area contributed by atoms with Crippen LogP contribution in [0.1, 0.15) is 32.9 Å². The molecule has 33 heavy (non-hydrogen) atoms. The maximum atomic E-state index is 12.3. The Morgan fingerprint density at radius 2 is 1.88 bits per heavy atom. The van der Waals surface area contributed by atoms with Crippen molar-refractivity contribution in [1.82, 2.24) is 15.4 Å². The Balaban J connectivity index is 1.61. The van der Waals surface area contributed by atoms with Crippen LogP contribution < -0.4 is 10.2 Å². The van der Waals surface area contributed by atoms with Gasteiger partial charge < -0.3 is 9.84 Å². The summed E-state index contributed by atoms with van der Waals surface area (Å²) in [7, 11) is 1.28. The highest BCUT2D eigenvalue weighted by atomic mass is 32.2. The molecule has 0 bridgehead atoms. The Hall–Kier alpha value is -3.99. The molecule has 0 fully saturated rings. The smallest absolute Gasteiger partial charge is 0.315 e. The lowest BCUT2D eigenvalue weighted by molar-refractivity contribution is -0.386. The van der Waals surface area contributed by atoms with E-state index in [-0.39, 0.29) is 11.3 Å². The van der Waals surface area contributed by atoms with Gasteiger partial charge in [0.15, 0.2) is 10.9 Å². The van der Waals surface area contributed by atoms with Crippen LogP contribution in [0.2, 0.25) is 0 Å². The molecule has 0 saturated heterocycles. The van der Waals surface area contributed by atoms with E-state index in [1.54, 1.807) is 12.1 Å². The number of ether oxygens (including phenoxy) is 1. The lowest BCUT2D eigenvalue weighted by atomic mass is 10.1. The molecule has 3 aromatic rings. The summed E-state index contributed by atoms with van der Waals surface area (Å²) in [6, 6.07) is 11.4. The molecule has 0 aliphatic rings. The minimum absolute atomic E-state index is 0.0725. The van der Waals surface area contributed by atoms with Gasteiger partial charge in [-0.25, -0.2) is 15.4 Å². The quantitative estimate of drug-likeness (QED) is 0.168. The van der Waals surface area contributed by atoms with Crippen molar-refractivity contribution >= 4 is 29.6 Å². The Bertz CT molecular complexity index is 1190. The zero-order valence-electron chi connectivity index (χ0n) is 18.1. The van der Waals surface area contributed by atoms with E-state index in [9.17, 15) is 20.0 Å². The number of aromatic hydroxyl groups is 1. The highest BCUT2D eigenvalue weighted by Gasteiger charge is 2.19. The molecule has 10 nitrogen and oxygen atoms in total. The summed E-state index contributed by atoms with van der Waals surface area (Å²) in [5.74, 6) is -0.434. The second-order valence-corrected chi connectivity index (χ2v) is 7.91. The number of nitro benzene ring substituents is 1. The number of amides is 1. The van der Waals surface area contributed by atoms with E-state index in [1.807, 2.05) is 32.0 Å². The molecule has 0 aliphatic heterocycles. The fraction of sp³-hybridized carbons (Fsp3) is 0.182. The monoisotopic (exact) mass is 467 g/mol. The second kappa shape index (κ2) is 10.6. The molecule has 2 aromatic carbocycles. The Kier molecular flexibility index (Phi) is 7.57. The van der Waals surface area contributed by atoms with Gasteiger partial charge in [-0.2, -0.15) is 5.10 Å². The Morgan fingerprint density at radius 3 is 2.48 bits per heavy atom. The van der Waals surface area contributed by atoms with Gasteiger partial charge in [0.1, 0.15) is 0 Å². The molecular formula is C22H21N5O5S. The van der Waals surface area contributed by atoms with Crippen LogP contribution in [0.4, 0.5) is 5.69 Å². The van der Waals surface area contributed by atoms with Crippen molar-refractivity contribution in [2.75, 3.05) is 7.11 Å². The number of hydrazone groups is 1. The van der Waals surface area contributed by atoms with Crippen LogP contribution in [0.3, 0.4) is 0 Å². The summed E-state index contributed by atoms with van der Waals surface area (Å²) in [6.07, 6.45) is 1.22. The number of phenolic OH excluding ortho intramolecular Hbond substituents is 1. The molecule has 0 unspecified atom stereocenters. The first-order chi connectivity index (χ1) is 15.8. The maximum absolute atomic E-state index is 12.3. The molecule has 0 atom stereocenters. The number of hydrogen-bond donors (Lipinski definition) is 2. The zero-order valence-corrected chi connectivity index (χ0v) is 18.9. The van der Waals surface area contributed by atoms with Crippen LogP contribution >= 0.6 is 11.8 Å². The first-order valence-corrected chi connectivity index (χ1v) is 10.7. The summed E-state index contributed by atoms with van der Waals surface area (Å²) in [5, 5.41) is 25.4. The highest BCUT2D eigenvalue weighted by Crippen LogP contribution is 2.36. The molecule has 3 rings (SSSR count). The Labute approximate surface area is 193 Å². The summed E-state index contributed by atoms with van der Waals surface area (Å²) >= 11 is 1.51. The third-order valence-corrected chi connectivity index (χ3v) is 5.34.